The van der Waals surface area contributed by atoms with Gasteiger partial charge in [0.1, 0.15) is 11.1 Å². The first-order valence-electron chi connectivity index (χ1n) is 19.3. The second kappa shape index (κ2) is 17.1. The molecule has 0 bridgehead atoms. The maximum Gasteiger partial charge on any atom is 0.397 e. The van der Waals surface area contributed by atoms with Gasteiger partial charge in [-0.2, -0.15) is 8.78 Å². The third kappa shape index (κ3) is 9.47. The van der Waals surface area contributed by atoms with E-state index in [1.165, 1.54) is 51.7 Å². The predicted molar refractivity (Wildman–Crippen MR) is 216 cm³/mol. The molecule has 12 nitrogen and oxygen atoms in total. The number of hydrogen-bond acceptors (Lipinski definition) is 8. The Kier molecular flexibility index (Phi) is 12.9. The van der Waals surface area contributed by atoms with Gasteiger partial charge < -0.3 is 38.3 Å². The first-order valence-corrected chi connectivity index (χ1v) is 19.3. The Hall–Kier alpha value is -5.80. The first-order chi connectivity index (χ1) is 27.9. The number of aromatic nitrogens is 2. The number of rotatable bonds is 11. The van der Waals surface area contributed by atoms with Crippen LogP contribution >= 0.6 is 0 Å². The van der Waals surface area contributed by atoms with Crippen LogP contribution in [0.2, 0.25) is 0 Å². The van der Waals surface area contributed by atoms with Gasteiger partial charge in [-0.3, -0.25) is 9.59 Å². The third-order valence-electron chi connectivity index (χ3n) is 10.7. The SMILES string of the molecule is CCC(F)(F)Oc1cc2c(cc1OC)-c1cc(=O)c(C(=O)O)cn1C(C(C)(C)C)C2.COc1cc2c(cc1OCCC(F)F)CC(C(C)(C)C)n1cc(C(=O)O)c(=O)cc1-2. The number of aromatic carboxylic acids is 2. The molecule has 2 aliphatic heterocycles. The largest absolute Gasteiger partial charge is 0.493 e. The van der Waals surface area contributed by atoms with E-state index in [2.05, 4.69) is 0 Å². The normalized spacial score (nSPS) is 15.7. The van der Waals surface area contributed by atoms with E-state index in [9.17, 15) is 47.0 Å². The number of methoxy groups -OCH3 is 2. The first kappa shape index (κ1) is 45.3. The number of benzene rings is 2. The minimum absolute atomic E-state index is 0.0753. The van der Waals surface area contributed by atoms with Gasteiger partial charge in [-0.25, -0.2) is 18.4 Å². The average molecular weight is 843 g/mol. The smallest absolute Gasteiger partial charge is 0.397 e. The topological polar surface area (TPSA) is 156 Å². The van der Waals surface area contributed by atoms with Gasteiger partial charge in [0.2, 0.25) is 6.43 Å². The molecule has 2 aromatic carbocycles. The molecule has 60 heavy (non-hydrogen) atoms. The maximum atomic E-state index is 13.9. The molecular weight excluding hydrogens is 792 g/mol. The van der Waals surface area contributed by atoms with Crippen LogP contribution in [0.1, 0.15) is 105 Å². The van der Waals surface area contributed by atoms with E-state index < -0.39 is 41.8 Å². The highest BCUT2D eigenvalue weighted by molar-refractivity contribution is 5.88. The summed E-state index contributed by atoms with van der Waals surface area (Å²) in [7, 11) is 2.79. The van der Waals surface area contributed by atoms with Gasteiger partial charge in [0, 0.05) is 60.6 Å². The summed E-state index contributed by atoms with van der Waals surface area (Å²) in [4.78, 5) is 47.8. The van der Waals surface area contributed by atoms with Crippen LogP contribution in [0, 0.1) is 10.8 Å². The quantitative estimate of drug-likeness (QED) is 0.140. The zero-order valence-corrected chi connectivity index (χ0v) is 35.0. The van der Waals surface area contributed by atoms with Crippen LogP contribution in [-0.2, 0) is 12.8 Å². The van der Waals surface area contributed by atoms with Crippen molar-refractivity contribution < 1.29 is 56.3 Å². The lowest BCUT2D eigenvalue weighted by atomic mass is 9.78. The molecule has 4 aromatic rings. The third-order valence-corrected chi connectivity index (χ3v) is 10.7. The minimum atomic E-state index is -3.34. The lowest BCUT2D eigenvalue weighted by molar-refractivity contribution is -0.178. The van der Waals surface area contributed by atoms with Crippen molar-refractivity contribution >= 4 is 11.9 Å². The molecule has 2 N–H and O–H groups in total. The van der Waals surface area contributed by atoms with Gasteiger partial charge in [-0.15, -0.1) is 0 Å². The van der Waals surface area contributed by atoms with Crippen molar-refractivity contribution in [3.05, 3.63) is 91.5 Å². The summed E-state index contributed by atoms with van der Waals surface area (Å²) in [5.74, 6) is -1.81. The standard InChI is InChI=1S/2C22H25F2NO5/c1-22(2,3)19-8-12-7-18(30-6-5-20(23)24)17(29-4)9-13(12)15-10-16(26)14(21(27)28)11-25(15)19;1-6-22(23,24)30-18-7-12-8-19(21(2,3)4)25-11-14(20(27)28)16(26)10-15(25)13(12)9-17(18)29-5/h7,9-11,19-20H,5-6,8H2,1-4H3,(H,27,28);7,9-11,19H,6,8H2,1-5H3,(H,27,28). The van der Waals surface area contributed by atoms with Crippen molar-refractivity contribution in [2.45, 2.75) is 98.8 Å². The highest BCUT2D eigenvalue weighted by atomic mass is 19.3. The summed E-state index contributed by atoms with van der Waals surface area (Å²) in [6.07, 6.45) is -2.91. The monoisotopic (exact) mass is 842 g/mol. The van der Waals surface area contributed by atoms with E-state index >= 15 is 0 Å². The predicted octanol–water partition coefficient (Wildman–Crippen LogP) is 9.15. The molecule has 0 saturated carbocycles. The minimum Gasteiger partial charge on any atom is -0.493 e. The summed E-state index contributed by atoms with van der Waals surface area (Å²) in [5, 5.41) is 18.8. The maximum absolute atomic E-state index is 13.9. The van der Waals surface area contributed by atoms with E-state index in [4.69, 9.17) is 18.9 Å². The highest BCUT2D eigenvalue weighted by Crippen LogP contribution is 2.48. The molecule has 0 amide bonds. The Labute approximate surface area is 344 Å². The van der Waals surface area contributed by atoms with E-state index in [0.29, 0.717) is 41.3 Å². The summed E-state index contributed by atoms with van der Waals surface area (Å²) in [6, 6.07) is 8.83. The van der Waals surface area contributed by atoms with Crippen LogP contribution in [-0.4, -0.2) is 64.6 Å². The number of pyridine rings is 2. The Morgan fingerprint density at radius 3 is 1.50 bits per heavy atom. The number of hydrogen-bond donors (Lipinski definition) is 2. The summed E-state index contributed by atoms with van der Waals surface area (Å²) in [6.45, 7) is 13.3. The lowest BCUT2D eigenvalue weighted by Gasteiger charge is -2.39. The zero-order valence-electron chi connectivity index (χ0n) is 35.0. The number of fused-ring (bicyclic) bond motifs is 6. The molecule has 2 atom stereocenters. The van der Waals surface area contributed by atoms with Crippen molar-refractivity contribution in [3.8, 4) is 45.5 Å². The fourth-order valence-electron chi connectivity index (χ4n) is 7.45. The molecule has 324 valence electrons. The number of halogens is 4. The summed E-state index contributed by atoms with van der Waals surface area (Å²) in [5.41, 5.74) is 1.71. The number of carbonyl (C=O) groups is 2. The van der Waals surface area contributed by atoms with Crippen molar-refractivity contribution in [3.63, 3.8) is 0 Å². The second-order valence-electron chi connectivity index (χ2n) is 16.9. The summed E-state index contributed by atoms with van der Waals surface area (Å²) >= 11 is 0. The molecule has 2 aliphatic rings. The molecular formula is C44H50F4N2O10. The number of alkyl halides is 4. The molecule has 6 rings (SSSR count). The van der Waals surface area contributed by atoms with Crippen molar-refractivity contribution in [1.29, 1.82) is 0 Å². The molecule has 0 aliphatic carbocycles. The Bertz CT molecular complexity index is 2410. The van der Waals surface area contributed by atoms with Gasteiger partial charge in [-0.05, 0) is 59.1 Å². The van der Waals surface area contributed by atoms with Crippen LogP contribution in [0.3, 0.4) is 0 Å². The Balaban J connectivity index is 0.000000228. The average Bonchev–Trinajstić information content (AvgIpc) is 3.15. The van der Waals surface area contributed by atoms with Gasteiger partial charge in [0.15, 0.2) is 33.9 Å². The number of ether oxygens (including phenoxy) is 4. The molecule has 2 aromatic heterocycles. The Morgan fingerprint density at radius 1 is 0.717 bits per heavy atom. The van der Waals surface area contributed by atoms with E-state index in [-0.39, 0.29) is 58.6 Å². The van der Waals surface area contributed by atoms with E-state index in [1.807, 2.05) is 46.1 Å². The van der Waals surface area contributed by atoms with Crippen molar-refractivity contribution in [2.24, 2.45) is 10.8 Å². The van der Waals surface area contributed by atoms with Gasteiger partial charge in [-0.1, -0.05) is 48.5 Å². The van der Waals surface area contributed by atoms with Crippen LogP contribution in [0.4, 0.5) is 17.6 Å². The Morgan fingerprint density at radius 2 is 1.13 bits per heavy atom. The van der Waals surface area contributed by atoms with Crippen molar-refractivity contribution in [1.82, 2.24) is 9.13 Å². The van der Waals surface area contributed by atoms with Gasteiger partial charge in [0.25, 0.3) is 0 Å². The number of carboxylic acids is 2. The summed E-state index contributed by atoms with van der Waals surface area (Å²) < 4.78 is 77.5. The molecule has 0 fully saturated rings. The van der Waals surface area contributed by atoms with Gasteiger partial charge >= 0.3 is 18.0 Å². The number of carboxylic acid groups (broad SMARTS) is 2. The molecule has 2 unspecified atom stereocenters. The second-order valence-corrected chi connectivity index (χ2v) is 16.9. The van der Waals surface area contributed by atoms with Crippen molar-refractivity contribution in [2.75, 3.05) is 20.8 Å². The molecule has 16 heteroatoms. The molecule has 0 radical (unpaired) electrons. The fraction of sp³-hybridized carbons (Fsp3) is 0.455. The lowest BCUT2D eigenvalue weighted by Crippen LogP contribution is -2.33. The van der Waals surface area contributed by atoms with E-state index in [0.717, 1.165) is 16.7 Å². The van der Waals surface area contributed by atoms with Crippen LogP contribution in [0.5, 0.6) is 23.0 Å². The zero-order chi connectivity index (χ0) is 44.6. The molecule has 4 heterocycles. The van der Waals surface area contributed by atoms with Crippen LogP contribution in [0.15, 0.2) is 58.4 Å². The van der Waals surface area contributed by atoms with E-state index in [1.54, 1.807) is 22.8 Å². The van der Waals surface area contributed by atoms with Gasteiger partial charge in [0.05, 0.1) is 32.2 Å². The number of nitrogens with zero attached hydrogens (tertiary/aromatic N) is 2. The van der Waals surface area contributed by atoms with Crippen LogP contribution in [0.25, 0.3) is 22.5 Å². The van der Waals surface area contributed by atoms with Crippen LogP contribution < -0.4 is 29.8 Å². The molecule has 0 spiro atoms. The molecule has 0 saturated heterocycles. The fourth-order valence-corrected chi connectivity index (χ4v) is 7.45. The highest BCUT2D eigenvalue weighted by Gasteiger charge is 2.37.